The second kappa shape index (κ2) is 10.6. The number of amides is 4. The van der Waals surface area contributed by atoms with Gasteiger partial charge in [0.05, 0.1) is 36.8 Å². The summed E-state index contributed by atoms with van der Waals surface area (Å²) in [6.07, 6.45) is -2.90. The third kappa shape index (κ3) is 4.73. The molecule has 2 saturated heterocycles. The molecule has 8 nitrogen and oxygen atoms in total. The number of thiophene rings is 2. The molecule has 0 bridgehead atoms. The van der Waals surface area contributed by atoms with Gasteiger partial charge >= 0.3 is 6.36 Å². The third-order valence-electron chi connectivity index (χ3n) is 9.19. The number of benzene rings is 1. The Morgan fingerprint density at radius 2 is 1.43 bits per heavy atom. The predicted molar refractivity (Wildman–Crippen MR) is 152 cm³/mol. The van der Waals surface area contributed by atoms with Crippen LogP contribution in [0.3, 0.4) is 0 Å². The van der Waals surface area contributed by atoms with Crippen LogP contribution in [0.5, 0.6) is 11.5 Å². The molecule has 1 N–H and O–H groups in total. The quantitative estimate of drug-likeness (QED) is 0.283. The number of imide groups is 2. The van der Waals surface area contributed by atoms with Gasteiger partial charge in [-0.05, 0) is 59.9 Å². The van der Waals surface area contributed by atoms with Crippen molar-refractivity contribution in [1.29, 1.82) is 0 Å². The fourth-order valence-electron chi connectivity index (χ4n) is 7.47. The maximum atomic E-state index is 14.0. The Morgan fingerprint density at radius 3 is 2.02 bits per heavy atom. The number of nitrogens with zero attached hydrogens (tertiary/aromatic N) is 2. The van der Waals surface area contributed by atoms with Crippen LogP contribution in [0.15, 0.2) is 64.9 Å². The standard InChI is InChI=1S/C31H25F3N2O6S2/c32-31(33,34)42-15-5-8-23(37)21(11-15)24-18-6-7-19-25(29(40)35(27(19)38)13-16-3-1-9-43-16)20(18)12-22-26(24)30(41)36(28(22)39)14-17-4-2-10-44-17/h1-6,8-11,19-20,22,24-26,37H,7,12-14H2. The number of hydrogen-bond acceptors (Lipinski definition) is 8. The first-order chi connectivity index (χ1) is 21.0. The highest BCUT2D eigenvalue weighted by Gasteiger charge is 2.62. The van der Waals surface area contributed by atoms with Gasteiger partial charge in [0.2, 0.25) is 23.6 Å². The molecule has 2 aliphatic heterocycles. The SMILES string of the molecule is O=C1C2CC=C3C(CC4C(=O)N(Cc5cccs5)C(=O)C4C3c3cc(OC(F)(F)F)ccc3O)C2C(=O)N1Cc1cccs1. The number of ether oxygens (including phenoxy) is 1. The Hall–Kier alpha value is -3.97. The largest absolute Gasteiger partial charge is 0.573 e. The van der Waals surface area contributed by atoms with Gasteiger partial charge in [-0.15, -0.1) is 35.8 Å². The number of phenols is 1. The van der Waals surface area contributed by atoms with Gasteiger partial charge in [0.25, 0.3) is 0 Å². The molecule has 3 fully saturated rings. The van der Waals surface area contributed by atoms with E-state index in [4.69, 9.17) is 0 Å². The average Bonchev–Trinajstić information content (AvgIpc) is 3.77. The van der Waals surface area contributed by atoms with Crippen LogP contribution in [-0.2, 0) is 32.3 Å². The second-order valence-corrected chi connectivity index (χ2v) is 13.5. The number of allylic oxidation sites excluding steroid dienone is 2. The van der Waals surface area contributed by atoms with Gasteiger partial charge in [0.15, 0.2) is 0 Å². The molecule has 6 unspecified atom stereocenters. The van der Waals surface area contributed by atoms with Crippen LogP contribution < -0.4 is 4.74 Å². The lowest BCUT2D eigenvalue weighted by Gasteiger charge is -2.44. The van der Waals surface area contributed by atoms with E-state index in [-0.39, 0.29) is 49.1 Å². The van der Waals surface area contributed by atoms with Crippen LogP contribution in [0.2, 0.25) is 0 Å². The van der Waals surface area contributed by atoms with Crippen molar-refractivity contribution in [3.63, 3.8) is 0 Å². The zero-order valence-corrected chi connectivity index (χ0v) is 24.5. The van der Waals surface area contributed by atoms with E-state index in [1.165, 1.54) is 32.5 Å². The normalized spacial score (nSPS) is 28.2. The summed E-state index contributed by atoms with van der Waals surface area (Å²) >= 11 is 2.80. The first-order valence-corrected chi connectivity index (χ1v) is 15.8. The molecular formula is C31H25F3N2O6S2. The molecule has 228 valence electrons. The van der Waals surface area contributed by atoms with Gasteiger partial charge in [-0.1, -0.05) is 23.8 Å². The summed E-state index contributed by atoms with van der Waals surface area (Å²) in [6.45, 7) is 0.170. The molecule has 2 aromatic heterocycles. The van der Waals surface area contributed by atoms with Crippen LogP contribution in [0.1, 0.15) is 34.1 Å². The van der Waals surface area contributed by atoms with Crippen molar-refractivity contribution >= 4 is 46.3 Å². The lowest BCUT2D eigenvalue weighted by Crippen LogP contribution is -2.43. The van der Waals surface area contributed by atoms with Crippen molar-refractivity contribution in [2.75, 3.05) is 0 Å². The van der Waals surface area contributed by atoms with Crippen molar-refractivity contribution in [2.24, 2.45) is 29.6 Å². The van der Waals surface area contributed by atoms with Crippen LogP contribution >= 0.6 is 22.7 Å². The number of phenolic OH excluding ortho intramolecular Hbond substituents is 1. The van der Waals surface area contributed by atoms with E-state index in [9.17, 15) is 37.5 Å². The molecule has 3 aromatic rings. The van der Waals surface area contributed by atoms with E-state index in [0.29, 0.717) is 5.57 Å². The molecule has 0 spiro atoms. The summed E-state index contributed by atoms with van der Waals surface area (Å²) in [4.78, 5) is 59.3. The molecule has 2 aliphatic carbocycles. The number of likely N-dealkylation sites (tertiary alicyclic amines) is 2. The number of fused-ring (bicyclic) bond motifs is 4. The number of halogens is 3. The molecule has 1 saturated carbocycles. The van der Waals surface area contributed by atoms with Crippen LogP contribution in [0.25, 0.3) is 0 Å². The molecule has 1 aromatic carbocycles. The van der Waals surface area contributed by atoms with Crippen molar-refractivity contribution in [1.82, 2.24) is 9.80 Å². The van der Waals surface area contributed by atoms with E-state index in [2.05, 4.69) is 4.74 Å². The molecule has 4 aliphatic rings. The summed E-state index contributed by atoms with van der Waals surface area (Å²) in [5.41, 5.74) is 0.577. The number of alkyl halides is 3. The smallest absolute Gasteiger partial charge is 0.508 e. The molecule has 13 heteroatoms. The third-order valence-corrected chi connectivity index (χ3v) is 10.9. The van der Waals surface area contributed by atoms with Crippen LogP contribution in [0, 0.1) is 29.6 Å². The van der Waals surface area contributed by atoms with Crippen LogP contribution in [0.4, 0.5) is 13.2 Å². The van der Waals surface area contributed by atoms with Gasteiger partial charge < -0.3 is 9.84 Å². The predicted octanol–water partition coefficient (Wildman–Crippen LogP) is 5.45. The van der Waals surface area contributed by atoms with E-state index in [1.54, 1.807) is 18.2 Å². The Balaban J connectivity index is 1.31. The maximum absolute atomic E-state index is 14.0. The highest BCUT2D eigenvalue weighted by atomic mass is 32.1. The second-order valence-electron chi connectivity index (χ2n) is 11.5. The Bertz CT molecular complexity index is 1690. The number of carbonyl (C=O) groups is 4. The molecular weight excluding hydrogens is 617 g/mol. The van der Waals surface area contributed by atoms with Gasteiger partial charge in [-0.25, -0.2) is 0 Å². The Morgan fingerprint density at radius 1 is 0.818 bits per heavy atom. The van der Waals surface area contributed by atoms with E-state index in [1.807, 2.05) is 22.9 Å². The molecule has 7 rings (SSSR count). The number of aromatic hydroxyl groups is 1. The topological polar surface area (TPSA) is 104 Å². The molecule has 0 radical (unpaired) electrons. The first kappa shape index (κ1) is 28.8. The van der Waals surface area contributed by atoms with Crippen molar-refractivity contribution < 1.29 is 42.2 Å². The fourth-order valence-corrected chi connectivity index (χ4v) is 8.86. The van der Waals surface area contributed by atoms with Crippen LogP contribution in [-0.4, -0.2) is 44.9 Å². The van der Waals surface area contributed by atoms with Gasteiger partial charge in [0, 0.05) is 21.2 Å². The van der Waals surface area contributed by atoms with Crippen molar-refractivity contribution in [3.05, 3.63) is 80.2 Å². The lowest BCUT2D eigenvalue weighted by atomic mass is 9.57. The van der Waals surface area contributed by atoms with Crippen molar-refractivity contribution in [3.8, 4) is 11.5 Å². The minimum atomic E-state index is -5.00. The van der Waals surface area contributed by atoms with Crippen molar-refractivity contribution in [2.45, 2.75) is 38.2 Å². The number of rotatable bonds is 6. The summed E-state index contributed by atoms with van der Waals surface area (Å²) in [5.74, 6) is -7.54. The summed E-state index contributed by atoms with van der Waals surface area (Å²) in [5, 5.41) is 14.7. The summed E-state index contributed by atoms with van der Waals surface area (Å²) < 4.78 is 43.7. The zero-order valence-electron chi connectivity index (χ0n) is 22.9. The minimum Gasteiger partial charge on any atom is -0.508 e. The van der Waals surface area contributed by atoms with Gasteiger partial charge in [-0.3, -0.25) is 29.0 Å². The average molecular weight is 643 g/mol. The Kier molecular flexibility index (Phi) is 6.92. The van der Waals surface area contributed by atoms with E-state index >= 15 is 0 Å². The van der Waals surface area contributed by atoms with Gasteiger partial charge in [0.1, 0.15) is 11.5 Å². The zero-order chi connectivity index (χ0) is 30.9. The summed E-state index contributed by atoms with van der Waals surface area (Å²) in [6, 6.07) is 10.4. The first-order valence-electron chi connectivity index (χ1n) is 14.1. The Labute approximate surface area is 257 Å². The minimum absolute atomic E-state index is 0.00230. The van der Waals surface area contributed by atoms with Gasteiger partial charge in [-0.2, -0.15) is 0 Å². The maximum Gasteiger partial charge on any atom is 0.573 e. The van der Waals surface area contributed by atoms with E-state index < -0.39 is 59.4 Å². The van der Waals surface area contributed by atoms with E-state index in [0.717, 1.165) is 28.0 Å². The molecule has 4 heterocycles. The molecule has 4 amide bonds. The lowest BCUT2D eigenvalue weighted by molar-refractivity contribution is -0.274. The fraction of sp³-hybridized carbons (Fsp3) is 0.355. The highest BCUT2D eigenvalue weighted by molar-refractivity contribution is 7.10. The molecule has 44 heavy (non-hydrogen) atoms. The summed E-state index contributed by atoms with van der Waals surface area (Å²) in [7, 11) is 0. The molecule has 6 atom stereocenters. The highest BCUT2D eigenvalue weighted by Crippen LogP contribution is 2.59. The number of carbonyl (C=O) groups excluding carboxylic acids is 4. The number of hydrogen-bond donors (Lipinski definition) is 1. The monoisotopic (exact) mass is 642 g/mol.